The Bertz CT molecular complexity index is 736. The van der Waals surface area contributed by atoms with Crippen molar-refractivity contribution in [1.29, 1.82) is 0 Å². The fourth-order valence-corrected chi connectivity index (χ4v) is 3.44. The molecular formula is C18H21N3O3S. The summed E-state index contributed by atoms with van der Waals surface area (Å²) in [6.45, 7) is 3.19. The average molecular weight is 359 g/mol. The van der Waals surface area contributed by atoms with Crippen LogP contribution in [0.2, 0.25) is 0 Å². The second-order valence-electron chi connectivity index (χ2n) is 5.93. The quantitative estimate of drug-likeness (QED) is 0.763. The van der Waals surface area contributed by atoms with Gasteiger partial charge in [0.25, 0.3) is 5.91 Å². The molecule has 2 heterocycles. The van der Waals surface area contributed by atoms with Gasteiger partial charge in [-0.3, -0.25) is 4.79 Å². The Labute approximate surface area is 150 Å². The van der Waals surface area contributed by atoms with E-state index < -0.39 is 0 Å². The van der Waals surface area contributed by atoms with Crippen molar-refractivity contribution in [3.63, 3.8) is 0 Å². The number of hydrogen-bond acceptors (Lipinski definition) is 4. The van der Waals surface area contributed by atoms with E-state index in [9.17, 15) is 9.59 Å². The summed E-state index contributed by atoms with van der Waals surface area (Å²) in [6, 6.07) is 8.68. The topological polar surface area (TPSA) is 79.5 Å². The first-order chi connectivity index (χ1) is 12.1. The number of carbonyl (C=O) groups is 2. The van der Waals surface area contributed by atoms with E-state index in [2.05, 4.69) is 16.0 Å². The second kappa shape index (κ2) is 8.13. The van der Waals surface area contributed by atoms with Gasteiger partial charge in [0, 0.05) is 24.5 Å². The largest absolute Gasteiger partial charge is 0.376 e. The van der Waals surface area contributed by atoms with Crippen molar-refractivity contribution in [3.05, 3.63) is 46.2 Å². The number of aryl methyl sites for hydroxylation is 1. The van der Waals surface area contributed by atoms with Crippen molar-refractivity contribution >= 4 is 34.6 Å². The number of thiophene rings is 1. The van der Waals surface area contributed by atoms with E-state index >= 15 is 0 Å². The normalized spacial score (nSPS) is 16.4. The average Bonchev–Trinajstić information content (AvgIpc) is 3.26. The molecule has 25 heavy (non-hydrogen) atoms. The van der Waals surface area contributed by atoms with Gasteiger partial charge < -0.3 is 20.7 Å². The molecule has 0 aliphatic carbocycles. The summed E-state index contributed by atoms with van der Waals surface area (Å²) < 4.78 is 5.46. The maximum atomic E-state index is 12.2. The molecule has 3 N–H and O–H groups in total. The molecule has 6 nitrogen and oxygen atoms in total. The lowest BCUT2D eigenvalue weighted by molar-refractivity contribution is 0.103. The lowest BCUT2D eigenvalue weighted by atomic mass is 10.2. The number of nitrogens with one attached hydrogen (secondary N) is 3. The summed E-state index contributed by atoms with van der Waals surface area (Å²) in [4.78, 5) is 24.8. The van der Waals surface area contributed by atoms with Crippen LogP contribution in [0.25, 0.3) is 0 Å². The fourth-order valence-electron chi connectivity index (χ4n) is 2.62. The third kappa shape index (κ3) is 4.80. The molecule has 3 rings (SSSR count). The zero-order valence-corrected chi connectivity index (χ0v) is 14.8. The van der Waals surface area contributed by atoms with Gasteiger partial charge in [-0.25, -0.2) is 4.79 Å². The van der Waals surface area contributed by atoms with Gasteiger partial charge in [0.1, 0.15) is 0 Å². The van der Waals surface area contributed by atoms with Crippen LogP contribution in [0.1, 0.15) is 28.1 Å². The van der Waals surface area contributed by atoms with Crippen LogP contribution in [0.3, 0.4) is 0 Å². The molecule has 1 saturated heterocycles. The van der Waals surface area contributed by atoms with Gasteiger partial charge in [-0.15, -0.1) is 11.3 Å². The number of ether oxygens (including phenoxy) is 1. The SMILES string of the molecule is Cc1ccsc1C(=O)Nc1ccc(NC(=O)NCC2CCCO2)cc1. The maximum Gasteiger partial charge on any atom is 0.319 e. The first-order valence-corrected chi connectivity index (χ1v) is 9.12. The lowest BCUT2D eigenvalue weighted by Crippen LogP contribution is -2.35. The second-order valence-corrected chi connectivity index (χ2v) is 6.85. The number of hydrogen-bond donors (Lipinski definition) is 3. The van der Waals surface area contributed by atoms with Gasteiger partial charge in [-0.2, -0.15) is 0 Å². The molecule has 1 aliphatic heterocycles. The van der Waals surface area contributed by atoms with E-state index in [0.717, 1.165) is 25.0 Å². The van der Waals surface area contributed by atoms with Crippen LogP contribution >= 0.6 is 11.3 Å². The third-order valence-electron chi connectivity index (χ3n) is 3.98. The predicted molar refractivity (Wildman–Crippen MR) is 99.4 cm³/mol. The minimum Gasteiger partial charge on any atom is -0.376 e. The van der Waals surface area contributed by atoms with Crippen molar-refractivity contribution in [3.8, 4) is 0 Å². The van der Waals surface area contributed by atoms with Crippen LogP contribution in [0.5, 0.6) is 0 Å². The number of urea groups is 1. The molecule has 1 aliphatic rings. The van der Waals surface area contributed by atoms with E-state index in [1.807, 2.05) is 18.4 Å². The van der Waals surface area contributed by atoms with Crippen LogP contribution in [-0.4, -0.2) is 31.2 Å². The molecule has 1 aromatic carbocycles. The van der Waals surface area contributed by atoms with E-state index in [0.29, 0.717) is 22.8 Å². The summed E-state index contributed by atoms with van der Waals surface area (Å²) in [6.07, 6.45) is 2.15. The Kier molecular flexibility index (Phi) is 5.67. The van der Waals surface area contributed by atoms with Crippen molar-refractivity contribution in [1.82, 2.24) is 5.32 Å². The van der Waals surface area contributed by atoms with Crippen LogP contribution in [0.15, 0.2) is 35.7 Å². The minimum atomic E-state index is -0.263. The van der Waals surface area contributed by atoms with Gasteiger partial charge in [0.15, 0.2) is 0 Å². The van der Waals surface area contributed by atoms with Crippen molar-refractivity contribution in [2.75, 3.05) is 23.8 Å². The van der Waals surface area contributed by atoms with E-state index in [4.69, 9.17) is 4.74 Å². The molecule has 132 valence electrons. The Hall–Kier alpha value is -2.38. The third-order valence-corrected chi connectivity index (χ3v) is 5.00. The van der Waals surface area contributed by atoms with Gasteiger partial charge in [-0.05, 0) is 61.0 Å². The van der Waals surface area contributed by atoms with Crippen LogP contribution in [-0.2, 0) is 4.74 Å². The molecule has 1 atom stereocenters. The monoisotopic (exact) mass is 359 g/mol. The minimum absolute atomic E-state index is 0.115. The zero-order chi connectivity index (χ0) is 17.6. The maximum absolute atomic E-state index is 12.2. The van der Waals surface area contributed by atoms with Gasteiger partial charge >= 0.3 is 6.03 Å². The van der Waals surface area contributed by atoms with Crippen LogP contribution < -0.4 is 16.0 Å². The van der Waals surface area contributed by atoms with Crippen LogP contribution in [0.4, 0.5) is 16.2 Å². The molecular weight excluding hydrogens is 338 g/mol. The van der Waals surface area contributed by atoms with Crippen molar-refractivity contribution < 1.29 is 14.3 Å². The summed E-state index contributed by atoms with van der Waals surface area (Å²) >= 11 is 1.42. The molecule has 2 aromatic rings. The molecule has 3 amide bonds. The van der Waals surface area contributed by atoms with Crippen molar-refractivity contribution in [2.24, 2.45) is 0 Å². The molecule has 1 unspecified atom stereocenters. The Morgan fingerprint density at radius 3 is 2.48 bits per heavy atom. The van der Waals surface area contributed by atoms with Crippen molar-refractivity contribution in [2.45, 2.75) is 25.9 Å². The van der Waals surface area contributed by atoms with Crippen LogP contribution in [0, 0.1) is 6.92 Å². The summed E-state index contributed by atoms with van der Waals surface area (Å²) in [5.74, 6) is -0.123. The smallest absolute Gasteiger partial charge is 0.319 e. The fraction of sp³-hybridized carbons (Fsp3) is 0.333. The highest BCUT2D eigenvalue weighted by Crippen LogP contribution is 2.19. The highest BCUT2D eigenvalue weighted by molar-refractivity contribution is 7.12. The first kappa shape index (κ1) is 17.4. The Balaban J connectivity index is 1.49. The number of amides is 3. The predicted octanol–water partition coefficient (Wildman–Crippen LogP) is 3.61. The van der Waals surface area contributed by atoms with E-state index in [1.165, 1.54) is 11.3 Å². The standard InChI is InChI=1S/C18H21N3O3S/c1-12-8-10-25-16(12)17(22)20-13-4-6-14(7-5-13)21-18(23)19-11-15-3-2-9-24-15/h4-8,10,15H,2-3,9,11H2,1H3,(H,20,22)(H2,19,21,23). The number of carbonyl (C=O) groups excluding carboxylic acids is 2. The lowest BCUT2D eigenvalue weighted by Gasteiger charge is -2.12. The van der Waals surface area contributed by atoms with Gasteiger partial charge in [-0.1, -0.05) is 0 Å². The summed E-state index contributed by atoms with van der Waals surface area (Å²) in [5.41, 5.74) is 2.31. The molecule has 0 bridgehead atoms. The summed E-state index contributed by atoms with van der Waals surface area (Å²) in [7, 11) is 0. The highest BCUT2D eigenvalue weighted by Gasteiger charge is 2.16. The Morgan fingerprint density at radius 1 is 1.16 bits per heavy atom. The van der Waals surface area contributed by atoms with Gasteiger partial charge in [0.05, 0.1) is 11.0 Å². The molecule has 1 fully saturated rings. The number of rotatable bonds is 5. The molecule has 7 heteroatoms. The van der Waals surface area contributed by atoms with Gasteiger partial charge in [0.2, 0.25) is 0 Å². The van der Waals surface area contributed by atoms with E-state index in [-0.39, 0.29) is 18.0 Å². The molecule has 0 saturated carbocycles. The highest BCUT2D eigenvalue weighted by atomic mass is 32.1. The molecule has 1 aromatic heterocycles. The molecule has 0 spiro atoms. The summed E-state index contributed by atoms with van der Waals surface area (Å²) in [5, 5.41) is 10.3. The number of anilines is 2. The first-order valence-electron chi connectivity index (χ1n) is 8.24. The Morgan fingerprint density at radius 2 is 1.88 bits per heavy atom. The number of benzene rings is 1. The zero-order valence-electron chi connectivity index (χ0n) is 14.0. The van der Waals surface area contributed by atoms with E-state index in [1.54, 1.807) is 24.3 Å². The molecule has 0 radical (unpaired) electrons.